The van der Waals surface area contributed by atoms with E-state index in [1.54, 1.807) is 30.6 Å². The summed E-state index contributed by atoms with van der Waals surface area (Å²) in [5.74, 6) is -3.29. The molecule has 40 heavy (non-hydrogen) atoms. The second-order valence-corrected chi connectivity index (χ2v) is 12.0. The molecule has 0 radical (unpaired) electrons. The lowest BCUT2D eigenvalue weighted by atomic mass is 9.96. The van der Waals surface area contributed by atoms with Crippen LogP contribution in [-0.2, 0) is 33.3 Å². The van der Waals surface area contributed by atoms with Gasteiger partial charge in [-0.15, -0.1) is 0 Å². The zero-order chi connectivity index (χ0) is 29.6. The van der Waals surface area contributed by atoms with Crippen LogP contribution in [0.15, 0.2) is 0 Å². The summed E-state index contributed by atoms with van der Waals surface area (Å²) >= 11 is 0. The molecule has 0 aromatic carbocycles. The Labute approximate surface area is 231 Å². The summed E-state index contributed by atoms with van der Waals surface area (Å²) in [6.07, 6.45) is -6.05. The monoisotopic (exact) mass is 577 g/mol. The van der Waals surface area contributed by atoms with E-state index in [1.165, 1.54) is 7.11 Å². The predicted octanol–water partition coefficient (Wildman–Crippen LogP) is 2.26. The van der Waals surface area contributed by atoms with Crippen molar-refractivity contribution in [3.63, 3.8) is 0 Å². The van der Waals surface area contributed by atoms with E-state index < -0.39 is 59.4 Å². The summed E-state index contributed by atoms with van der Waals surface area (Å²) in [4.78, 5) is 55.4. The van der Waals surface area contributed by atoms with Gasteiger partial charge in [0.25, 0.3) is 5.91 Å². The van der Waals surface area contributed by atoms with Crippen LogP contribution in [0, 0.1) is 0 Å². The highest BCUT2D eigenvalue weighted by atomic mass is 19.4. The summed E-state index contributed by atoms with van der Waals surface area (Å²) in [5.41, 5.74) is -2.41. The smallest absolute Gasteiger partial charge is 0.449 e. The van der Waals surface area contributed by atoms with E-state index >= 15 is 0 Å². The molecule has 3 heterocycles. The fourth-order valence-corrected chi connectivity index (χ4v) is 6.53. The SMILES string of the molecule is CO[C@@H]1COCC[C@@H]1N(C(=O)C(F)(F)F)[C@@H]1CC[C@](OC(C)=O)(C(=O)N2C[C@@H]3C[C@H]2CN3C(=O)OC(C)(C)C)C1. The number of halogens is 3. The highest BCUT2D eigenvalue weighted by Gasteiger charge is 2.59. The van der Waals surface area contributed by atoms with E-state index in [0.29, 0.717) is 6.42 Å². The number of methoxy groups -OCH3 is 1. The Bertz CT molecular complexity index is 1020. The molecule has 4 aliphatic rings. The Kier molecular flexibility index (Phi) is 8.34. The summed E-state index contributed by atoms with van der Waals surface area (Å²) < 4.78 is 63.1. The highest BCUT2D eigenvalue weighted by Crippen LogP contribution is 2.43. The van der Waals surface area contributed by atoms with E-state index in [4.69, 9.17) is 18.9 Å². The minimum Gasteiger partial charge on any atom is -0.449 e. The van der Waals surface area contributed by atoms with Crippen molar-refractivity contribution >= 4 is 23.9 Å². The largest absolute Gasteiger partial charge is 0.471 e. The average molecular weight is 578 g/mol. The number of piperazine rings is 1. The van der Waals surface area contributed by atoms with Crippen LogP contribution in [0.2, 0.25) is 0 Å². The topological polar surface area (TPSA) is 115 Å². The van der Waals surface area contributed by atoms with Crippen molar-refractivity contribution in [1.29, 1.82) is 0 Å². The van der Waals surface area contributed by atoms with Crippen molar-refractivity contribution in [3.05, 3.63) is 0 Å². The molecule has 1 saturated carbocycles. The van der Waals surface area contributed by atoms with Crippen molar-refractivity contribution in [1.82, 2.24) is 14.7 Å². The molecule has 14 heteroatoms. The maximum atomic E-state index is 14.0. The van der Waals surface area contributed by atoms with Gasteiger partial charge in [0, 0.05) is 46.2 Å². The summed E-state index contributed by atoms with van der Waals surface area (Å²) in [7, 11) is 1.34. The normalized spacial score (nSPS) is 32.2. The van der Waals surface area contributed by atoms with Gasteiger partial charge in [-0.2, -0.15) is 13.2 Å². The van der Waals surface area contributed by atoms with Crippen molar-refractivity contribution in [2.75, 3.05) is 33.4 Å². The fraction of sp³-hybridized carbons (Fsp3) is 0.846. The quantitative estimate of drug-likeness (QED) is 0.457. The van der Waals surface area contributed by atoms with Gasteiger partial charge in [0.15, 0.2) is 5.60 Å². The number of hydrogen-bond donors (Lipinski definition) is 0. The van der Waals surface area contributed by atoms with Gasteiger partial charge in [-0.25, -0.2) is 4.79 Å². The molecule has 3 saturated heterocycles. The summed E-state index contributed by atoms with van der Waals surface area (Å²) in [5, 5.41) is 0. The zero-order valence-corrected chi connectivity index (χ0v) is 23.5. The Morgan fingerprint density at radius 3 is 2.23 bits per heavy atom. The standard InChI is InChI=1S/C26H38F3N3O8/c1-15(33)39-25(21(34)30-12-18-10-17(30)13-31(18)23(36)40-24(2,3)4)8-6-16(11-25)32(22(35)26(27,28)29)19-7-9-38-14-20(19)37-5/h16-20H,6-14H2,1-5H3/t16-,17+,18+,19+,20-,25-/m1/s1. The number of nitrogens with zero attached hydrogens (tertiary/aromatic N) is 3. The number of carbonyl (C=O) groups is 4. The molecular formula is C26H38F3N3O8. The van der Waals surface area contributed by atoms with Gasteiger partial charge < -0.3 is 33.6 Å². The van der Waals surface area contributed by atoms with Crippen LogP contribution in [-0.4, -0.2) is 120 Å². The molecule has 0 N–H and O–H groups in total. The second kappa shape index (κ2) is 11.0. The molecule has 11 nitrogen and oxygen atoms in total. The lowest BCUT2D eigenvalue weighted by Gasteiger charge is -2.43. The number of likely N-dealkylation sites (tertiary alicyclic amines) is 2. The molecular weight excluding hydrogens is 539 g/mol. The Morgan fingerprint density at radius 2 is 1.68 bits per heavy atom. The molecule has 0 aromatic rings. The van der Waals surface area contributed by atoms with Crippen LogP contribution in [0.4, 0.5) is 18.0 Å². The molecule has 0 aromatic heterocycles. The highest BCUT2D eigenvalue weighted by molar-refractivity contribution is 5.89. The van der Waals surface area contributed by atoms with E-state index in [9.17, 15) is 32.3 Å². The van der Waals surface area contributed by atoms with Crippen LogP contribution in [0.5, 0.6) is 0 Å². The number of ether oxygens (including phenoxy) is 4. The minimum absolute atomic E-state index is 0.0224. The molecule has 4 fully saturated rings. The molecule has 2 bridgehead atoms. The third kappa shape index (κ3) is 6.02. The average Bonchev–Trinajstić information content (AvgIpc) is 3.57. The molecule has 4 rings (SSSR count). The number of carbonyl (C=O) groups excluding carboxylic acids is 4. The van der Waals surface area contributed by atoms with Gasteiger partial charge in [-0.1, -0.05) is 0 Å². The Morgan fingerprint density at radius 1 is 1.02 bits per heavy atom. The molecule has 0 spiro atoms. The number of esters is 1. The van der Waals surface area contributed by atoms with Crippen LogP contribution in [0.1, 0.15) is 59.8 Å². The van der Waals surface area contributed by atoms with Crippen molar-refractivity contribution in [3.8, 4) is 0 Å². The van der Waals surface area contributed by atoms with E-state index in [2.05, 4.69) is 0 Å². The van der Waals surface area contributed by atoms with Crippen molar-refractivity contribution in [2.24, 2.45) is 0 Å². The number of fused-ring (bicyclic) bond motifs is 2. The zero-order valence-electron chi connectivity index (χ0n) is 23.5. The molecule has 3 amide bonds. The number of alkyl halides is 3. The second-order valence-electron chi connectivity index (χ2n) is 12.0. The van der Waals surface area contributed by atoms with Gasteiger partial charge in [0.1, 0.15) is 11.7 Å². The predicted molar refractivity (Wildman–Crippen MR) is 132 cm³/mol. The van der Waals surface area contributed by atoms with Gasteiger partial charge in [0.2, 0.25) is 0 Å². The van der Waals surface area contributed by atoms with E-state index in [1.807, 2.05) is 0 Å². The van der Waals surface area contributed by atoms with Crippen LogP contribution in [0.25, 0.3) is 0 Å². The lowest BCUT2D eigenvalue weighted by Crippen LogP contribution is -2.60. The number of amides is 3. The first kappa shape index (κ1) is 30.4. The maximum absolute atomic E-state index is 14.0. The van der Waals surface area contributed by atoms with Crippen LogP contribution < -0.4 is 0 Å². The molecule has 1 aliphatic carbocycles. The number of hydrogen-bond acceptors (Lipinski definition) is 8. The first-order valence-corrected chi connectivity index (χ1v) is 13.6. The lowest BCUT2D eigenvalue weighted by molar-refractivity contribution is -0.198. The van der Waals surface area contributed by atoms with Gasteiger partial charge in [-0.05, 0) is 46.5 Å². The Hall–Kier alpha value is -2.61. The van der Waals surface area contributed by atoms with E-state index in [0.717, 1.165) is 11.8 Å². The van der Waals surface area contributed by atoms with Gasteiger partial charge >= 0.3 is 24.1 Å². The molecule has 3 aliphatic heterocycles. The minimum atomic E-state index is -5.15. The first-order chi connectivity index (χ1) is 18.6. The van der Waals surface area contributed by atoms with Gasteiger partial charge in [-0.3, -0.25) is 14.4 Å². The van der Waals surface area contributed by atoms with Crippen molar-refractivity contribution in [2.45, 2.75) is 107 Å². The maximum Gasteiger partial charge on any atom is 0.471 e. The van der Waals surface area contributed by atoms with Gasteiger partial charge in [0.05, 0.1) is 24.7 Å². The molecule has 6 atom stereocenters. The van der Waals surface area contributed by atoms with Crippen LogP contribution >= 0.6 is 0 Å². The van der Waals surface area contributed by atoms with Crippen molar-refractivity contribution < 1.29 is 51.3 Å². The third-order valence-electron chi connectivity index (χ3n) is 8.10. The molecule has 226 valence electrons. The fourth-order valence-electron chi connectivity index (χ4n) is 6.53. The summed E-state index contributed by atoms with van der Waals surface area (Å²) in [6, 6.07) is -2.58. The third-order valence-corrected chi connectivity index (χ3v) is 8.10. The number of rotatable bonds is 5. The van der Waals surface area contributed by atoms with Crippen LogP contribution in [0.3, 0.4) is 0 Å². The summed E-state index contributed by atoms with van der Waals surface area (Å²) in [6.45, 7) is 7.02. The first-order valence-electron chi connectivity index (χ1n) is 13.6. The molecule has 0 unspecified atom stereocenters. The van der Waals surface area contributed by atoms with E-state index in [-0.39, 0.29) is 64.1 Å². The Balaban J connectivity index is 1.56.